The maximum atomic E-state index is 13.1. The molecule has 0 aliphatic heterocycles. The first-order chi connectivity index (χ1) is 12.3. The minimum absolute atomic E-state index is 0.0732. The molecule has 0 atom stereocenters. The first kappa shape index (κ1) is 19.3. The number of carbonyl (C=O) groups excluding carboxylic acids is 2. The highest BCUT2D eigenvalue weighted by Crippen LogP contribution is 2.21. The van der Waals surface area contributed by atoms with Crippen LogP contribution in [-0.2, 0) is 10.2 Å². The highest BCUT2D eigenvalue weighted by Gasteiger charge is 2.12. The average molecular weight is 355 g/mol. The van der Waals surface area contributed by atoms with Crippen LogP contribution in [0.2, 0.25) is 0 Å². The molecule has 0 heterocycles. The number of benzene rings is 2. The van der Waals surface area contributed by atoms with Gasteiger partial charge in [0.1, 0.15) is 5.82 Å². The van der Waals surface area contributed by atoms with Gasteiger partial charge < -0.3 is 5.32 Å². The molecule has 0 radical (unpaired) electrons. The van der Waals surface area contributed by atoms with Crippen molar-refractivity contribution >= 4 is 18.0 Å². The maximum absolute atomic E-state index is 13.1. The zero-order valence-corrected chi connectivity index (χ0v) is 15.0. The molecule has 0 aliphatic carbocycles. The van der Waals surface area contributed by atoms with Gasteiger partial charge in [0.15, 0.2) is 0 Å². The van der Waals surface area contributed by atoms with Crippen molar-refractivity contribution in [2.75, 3.05) is 6.54 Å². The SMILES string of the molecule is CC(C)(C)c1ccc(C=NNC(=O)CNC(=O)c2cccc(F)c2)cc1. The number of carbonyl (C=O) groups is 2. The molecule has 0 aromatic heterocycles. The number of halogens is 1. The highest BCUT2D eigenvalue weighted by molar-refractivity contribution is 5.96. The molecule has 136 valence electrons. The minimum atomic E-state index is -0.526. The zero-order chi connectivity index (χ0) is 19.2. The lowest BCUT2D eigenvalue weighted by molar-refractivity contribution is -0.120. The predicted molar refractivity (Wildman–Crippen MR) is 99.6 cm³/mol. The Labute approximate surface area is 152 Å². The third kappa shape index (κ3) is 5.81. The predicted octanol–water partition coefficient (Wildman–Crippen LogP) is 3.00. The Balaban J connectivity index is 1.81. The summed E-state index contributed by atoms with van der Waals surface area (Å²) >= 11 is 0. The molecular formula is C20H22FN3O2. The molecule has 5 nitrogen and oxygen atoms in total. The average Bonchev–Trinajstić information content (AvgIpc) is 2.59. The fourth-order valence-electron chi connectivity index (χ4n) is 2.18. The van der Waals surface area contributed by atoms with Gasteiger partial charge in [-0.05, 0) is 34.7 Å². The molecule has 0 fully saturated rings. The van der Waals surface area contributed by atoms with E-state index in [2.05, 4.69) is 36.6 Å². The summed E-state index contributed by atoms with van der Waals surface area (Å²) < 4.78 is 13.1. The Hall–Kier alpha value is -3.02. The fraction of sp³-hybridized carbons (Fsp3) is 0.250. The molecule has 26 heavy (non-hydrogen) atoms. The third-order valence-electron chi connectivity index (χ3n) is 3.68. The first-order valence-electron chi connectivity index (χ1n) is 8.22. The van der Waals surface area contributed by atoms with Gasteiger partial charge in [-0.2, -0.15) is 5.10 Å². The number of rotatable bonds is 5. The Bertz CT molecular complexity index is 809. The summed E-state index contributed by atoms with van der Waals surface area (Å²) in [5.41, 5.74) is 4.62. The fourth-order valence-corrected chi connectivity index (χ4v) is 2.18. The van der Waals surface area contributed by atoms with E-state index in [1.807, 2.05) is 24.3 Å². The summed E-state index contributed by atoms with van der Waals surface area (Å²) in [6.07, 6.45) is 1.53. The van der Waals surface area contributed by atoms with Crippen molar-refractivity contribution in [3.05, 3.63) is 71.0 Å². The van der Waals surface area contributed by atoms with Gasteiger partial charge in [0.25, 0.3) is 11.8 Å². The first-order valence-corrected chi connectivity index (χ1v) is 8.22. The van der Waals surface area contributed by atoms with Crippen molar-refractivity contribution < 1.29 is 14.0 Å². The summed E-state index contributed by atoms with van der Waals surface area (Å²) in [6.45, 7) is 6.15. The normalized spacial score (nSPS) is 11.4. The molecule has 2 aromatic rings. The largest absolute Gasteiger partial charge is 0.343 e. The zero-order valence-electron chi connectivity index (χ0n) is 15.0. The number of nitrogens with one attached hydrogen (secondary N) is 2. The number of amides is 2. The van der Waals surface area contributed by atoms with Gasteiger partial charge in [0.2, 0.25) is 0 Å². The molecule has 0 saturated carbocycles. The lowest BCUT2D eigenvalue weighted by Crippen LogP contribution is -2.34. The van der Waals surface area contributed by atoms with Crippen molar-refractivity contribution in [1.82, 2.24) is 10.7 Å². The molecule has 2 aromatic carbocycles. The van der Waals surface area contributed by atoms with Crippen molar-refractivity contribution in [2.45, 2.75) is 26.2 Å². The highest BCUT2D eigenvalue weighted by atomic mass is 19.1. The number of hydrazone groups is 1. The monoisotopic (exact) mass is 355 g/mol. The van der Waals surface area contributed by atoms with E-state index in [4.69, 9.17) is 0 Å². The van der Waals surface area contributed by atoms with Gasteiger partial charge in [0.05, 0.1) is 12.8 Å². The second kappa shape index (κ2) is 8.38. The number of nitrogens with zero attached hydrogens (tertiary/aromatic N) is 1. The van der Waals surface area contributed by atoms with Crippen LogP contribution in [0.25, 0.3) is 0 Å². The van der Waals surface area contributed by atoms with Crippen LogP contribution in [-0.4, -0.2) is 24.6 Å². The van der Waals surface area contributed by atoms with Gasteiger partial charge >= 0.3 is 0 Å². The Morgan fingerprint density at radius 2 is 1.81 bits per heavy atom. The summed E-state index contributed by atoms with van der Waals surface area (Å²) in [6, 6.07) is 13.1. The van der Waals surface area contributed by atoms with E-state index in [1.165, 1.54) is 30.0 Å². The second-order valence-corrected chi connectivity index (χ2v) is 6.86. The molecular weight excluding hydrogens is 333 g/mol. The van der Waals surface area contributed by atoms with Gasteiger partial charge in [-0.1, -0.05) is 51.1 Å². The number of hydrogen-bond acceptors (Lipinski definition) is 3. The van der Waals surface area contributed by atoms with Crippen molar-refractivity contribution in [2.24, 2.45) is 5.10 Å². The van der Waals surface area contributed by atoms with Gasteiger partial charge in [-0.15, -0.1) is 0 Å². The quantitative estimate of drug-likeness (QED) is 0.639. The van der Waals surface area contributed by atoms with Crippen molar-refractivity contribution in [3.63, 3.8) is 0 Å². The van der Waals surface area contributed by atoms with Crippen LogP contribution in [0.5, 0.6) is 0 Å². The van der Waals surface area contributed by atoms with Crippen LogP contribution < -0.4 is 10.7 Å². The lowest BCUT2D eigenvalue weighted by atomic mass is 9.87. The summed E-state index contributed by atoms with van der Waals surface area (Å²) in [5.74, 6) is -1.51. The van der Waals surface area contributed by atoms with Crippen molar-refractivity contribution in [3.8, 4) is 0 Å². The van der Waals surface area contributed by atoms with Gasteiger partial charge in [0, 0.05) is 5.56 Å². The van der Waals surface area contributed by atoms with Gasteiger partial charge in [-0.25, -0.2) is 9.82 Å². The van der Waals surface area contributed by atoms with E-state index in [9.17, 15) is 14.0 Å². The van der Waals surface area contributed by atoms with Crippen molar-refractivity contribution in [1.29, 1.82) is 0 Å². The molecule has 0 bridgehead atoms. The molecule has 2 rings (SSSR count). The molecule has 2 amide bonds. The second-order valence-electron chi connectivity index (χ2n) is 6.86. The van der Waals surface area contributed by atoms with Crippen LogP contribution >= 0.6 is 0 Å². The van der Waals surface area contributed by atoms with Gasteiger partial charge in [-0.3, -0.25) is 9.59 Å². The van der Waals surface area contributed by atoms with Crippen LogP contribution in [0.1, 0.15) is 42.3 Å². The molecule has 0 aliphatic rings. The van der Waals surface area contributed by atoms with Crippen LogP contribution in [0.4, 0.5) is 4.39 Å². The summed E-state index contributed by atoms with van der Waals surface area (Å²) in [4.78, 5) is 23.5. The number of hydrogen-bond donors (Lipinski definition) is 2. The van der Waals surface area contributed by atoms with Crippen LogP contribution in [0, 0.1) is 5.82 Å². The summed E-state index contributed by atoms with van der Waals surface area (Å²) in [5, 5.41) is 6.27. The molecule has 6 heteroatoms. The molecule has 0 saturated heterocycles. The smallest absolute Gasteiger partial charge is 0.259 e. The maximum Gasteiger partial charge on any atom is 0.259 e. The topological polar surface area (TPSA) is 70.6 Å². The Morgan fingerprint density at radius 3 is 2.42 bits per heavy atom. The summed E-state index contributed by atoms with van der Waals surface area (Å²) in [7, 11) is 0. The van der Waals surface area contributed by atoms with Crippen LogP contribution in [0.15, 0.2) is 53.6 Å². The molecule has 0 spiro atoms. The Kier molecular flexibility index (Phi) is 6.22. The standard InChI is InChI=1S/C20H22FN3O2/c1-20(2,3)16-9-7-14(8-10-16)12-23-24-18(25)13-22-19(26)15-5-4-6-17(21)11-15/h4-12H,13H2,1-3H3,(H,22,26)(H,24,25). The van der Waals surface area contributed by atoms with E-state index >= 15 is 0 Å². The Morgan fingerprint density at radius 1 is 1.12 bits per heavy atom. The van der Waals surface area contributed by atoms with Crippen LogP contribution in [0.3, 0.4) is 0 Å². The van der Waals surface area contributed by atoms with E-state index in [0.717, 1.165) is 11.6 Å². The van der Waals surface area contributed by atoms with E-state index in [1.54, 1.807) is 0 Å². The lowest BCUT2D eigenvalue weighted by Gasteiger charge is -2.18. The van der Waals surface area contributed by atoms with E-state index in [-0.39, 0.29) is 17.5 Å². The van der Waals surface area contributed by atoms with E-state index < -0.39 is 17.6 Å². The van der Waals surface area contributed by atoms with E-state index in [0.29, 0.717) is 0 Å². The minimum Gasteiger partial charge on any atom is -0.343 e. The molecule has 0 unspecified atom stereocenters. The third-order valence-corrected chi connectivity index (χ3v) is 3.68. The molecule has 2 N–H and O–H groups in total.